The summed E-state index contributed by atoms with van der Waals surface area (Å²) >= 11 is 0. The van der Waals surface area contributed by atoms with Gasteiger partial charge in [-0.3, -0.25) is 0 Å². The fourth-order valence-electron chi connectivity index (χ4n) is 1.85. The van der Waals surface area contributed by atoms with Crippen molar-refractivity contribution in [2.24, 2.45) is 5.73 Å². The molecule has 0 saturated carbocycles. The number of hydrogen-bond donors (Lipinski definition) is 1. The second-order valence-electron chi connectivity index (χ2n) is 4.46. The first-order valence-corrected chi connectivity index (χ1v) is 6.56. The Morgan fingerprint density at radius 2 is 1.90 bits per heavy atom. The Morgan fingerprint density at radius 1 is 1.10 bits per heavy atom. The predicted octanol–water partition coefficient (Wildman–Crippen LogP) is 3.51. The van der Waals surface area contributed by atoms with Gasteiger partial charge in [0.2, 0.25) is 0 Å². The molecule has 0 fully saturated rings. The van der Waals surface area contributed by atoms with Gasteiger partial charge in [0.15, 0.2) is 0 Å². The Labute approximate surface area is 118 Å². The topological polar surface area (TPSA) is 35.2 Å². The van der Waals surface area contributed by atoms with Crippen LogP contribution in [0.25, 0.3) is 6.08 Å². The minimum atomic E-state index is -0.255. The minimum Gasteiger partial charge on any atom is -0.373 e. The molecule has 2 nitrogen and oxygen atoms in total. The quantitative estimate of drug-likeness (QED) is 0.816. The van der Waals surface area contributed by atoms with E-state index in [0.717, 1.165) is 11.1 Å². The maximum atomic E-state index is 13.5. The maximum absolute atomic E-state index is 13.5. The molecule has 0 unspecified atom stereocenters. The van der Waals surface area contributed by atoms with Crippen molar-refractivity contribution in [3.05, 3.63) is 77.1 Å². The lowest BCUT2D eigenvalue weighted by molar-refractivity contribution is 0.146. The van der Waals surface area contributed by atoms with Gasteiger partial charge in [0.05, 0.1) is 13.2 Å². The molecule has 0 atom stereocenters. The van der Waals surface area contributed by atoms with Crippen LogP contribution in [0.1, 0.15) is 16.7 Å². The summed E-state index contributed by atoms with van der Waals surface area (Å²) in [5.41, 5.74) is 8.10. The summed E-state index contributed by atoms with van der Waals surface area (Å²) in [6.07, 6.45) is 3.90. The molecule has 2 N–H and O–H groups in total. The highest BCUT2D eigenvalue weighted by Gasteiger charge is 2.02. The van der Waals surface area contributed by atoms with Gasteiger partial charge in [-0.05, 0) is 23.3 Å². The first-order chi connectivity index (χ1) is 9.79. The van der Waals surface area contributed by atoms with E-state index in [2.05, 4.69) is 0 Å². The van der Waals surface area contributed by atoms with Gasteiger partial charge in [0, 0.05) is 12.1 Å². The number of benzene rings is 2. The fraction of sp³-hybridized carbons (Fsp3) is 0.176. The summed E-state index contributed by atoms with van der Waals surface area (Å²) in [6.45, 7) is 1.10. The largest absolute Gasteiger partial charge is 0.373 e. The maximum Gasteiger partial charge on any atom is 0.128 e. The van der Waals surface area contributed by atoms with Crippen LogP contribution >= 0.6 is 0 Å². The monoisotopic (exact) mass is 271 g/mol. The lowest BCUT2D eigenvalue weighted by Gasteiger charge is -2.05. The third kappa shape index (κ3) is 4.30. The van der Waals surface area contributed by atoms with E-state index >= 15 is 0 Å². The number of rotatable bonds is 6. The van der Waals surface area contributed by atoms with Crippen molar-refractivity contribution in [2.45, 2.75) is 13.2 Å². The van der Waals surface area contributed by atoms with E-state index in [4.69, 9.17) is 10.5 Å². The van der Waals surface area contributed by atoms with Crippen LogP contribution in [0.3, 0.4) is 0 Å². The molecule has 0 amide bonds. The number of nitrogens with two attached hydrogens (primary N) is 1. The molecule has 0 heterocycles. The SMILES string of the molecule is NCc1ccc(F)c(COC/C=C/c2ccccc2)c1. The molecular weight excluding hydrogens is 253 g/mol. The highest BCUT2D eigenvalue weighted by atomic mass is 19.1. The van der Waals surface area contributed by atoms with E-state index in [1.165, 1.54) is 6.07 Å². The van der Waals surface area contributed by atoms with E-state index in [1.54, 1.807) is 12.1 Å². The third-order valence-corrected chi connectivity index (χ3v) is 2.93. The fourth-order valence-corrected chi connectivity index (χ4v) is 1.85. The van der Waals surface area contributed by atoms with Gasteiger partial charge in [0.1, 0.15) is 5.82 Å². The zero-order chi connectivity index (χ0) is 14.2. The van der Waals surface area contributed by atoms with Crippen molar-refractivity contribution in [3.63, 3.8) is 0 Å². The van der Waals surface area contributed by atoms with Crippen molar-refractivity contribution in [2.75, 3.05) is 6.61 Å². The summed E-state index contributed by atoms with van der Waals surface area (Å²) < 4.78 is 19.0. The van der Waals surface area contributed by atoms with E-state index in [9.17, 15) is 4.39 Å². The van der Waals surface area contributed by atoms with Crippen LogP contribution in [0.5, 0.6) is 0 Å². The van der Waals surface area contributed by atoms with E-state index < -0.39 is 0 Å². The summed E-state index contributed by atoms with van der Waals surface area (Å²) in [4.78, 5) is 0. The van der Waals surface area contributed by atoms with Gasteiger partial charge in [-0.1, -0.05) is 48.6 Å². The molecule has 2 aromatic carbocycles. The Kier molecular flexibility index (Phi) is 5.47. The number of ether oxygens (including phenoxy) is 1. The number of halogens is 1. The average molecular weight is 271 g/mol. The van der Waals surface area contributed by atoms with Gasteiger partial charge in [-0.2, -0.15) is 0 Å². The zero-order valence-corrected chi connectivity index (χ0v) is 11.3. The van der Waals surface area contributed by atoms with E-state index in [0.29, 0.717) is 18.7 Å². The molecule has 0 aromatic heterocycles. The first-order valence-electron chi connectivity index (χ1n) is 6.56. The molecule has 20 heavy (non-hydrogen) atoms. The van der Waals surface area contributed by atoms with Crippen LogP contribution < -0.4 is 5.73 Å². The Balaban J connectivity index is 1.83. The van der Waals surface area contributed by atoms with Crippen LogP contribution in [-0.4, -0.2) is 6.61 Å². The van der Waals surface area contributed by atoms with Crippen molar-refractivity contribution >= 4 is 6.08 Å². The van der Waals surface area contributed by atoms with Crippen LogP contribution in [0.15, 0.2) is 54.6 Å². The molecule has 0 saturated heterocycles. The third-order valence-electron chi connectivity index (χ3n) is 2.93. The van der Waals surface area contributed by atoms with Crippen molar-refractivity contribution in [3.8, 4) is 0 Å². The first kappa shape index (κ1) is 14.4. The molecule has 2 aromatic rings. The highest BCUT2D eigenvalue weighted by molar-refractivity contribution is 5.48. The Morgan fingerprint density at radius 3 is 2.65 bits per heavy atom. The van der Waals surface area contributed by atoms with Crippen LogP contribution in [0.4, 0.5) is 4.39 Å². The Hall–Kier alpha value is -1.97. The highest BCUT2D eigenvalue weighted by Crippen LogP contribution is 2.11. The van der Waals surface area contributed by atoms with Crippen molar-refractivity contribution < 1.29 is 9.13 Å². The molecule has 104 valence electrons. The molecule has 0 bridgehead atoms. The van der Waals surface area contributed by atoms with Gasteiger partial charge in [-0.25, -0.2) is 4.39 Å². The van der Waals surface area contributed by atoms with Crippen LogP contribution in [-0.2, 0) is 17.9 Å². The second kappa shape index (κ2) is 7.58. The minimum absolute atomic E-state index is 0.249. The summed E-state index contributed by atoms with van der Waals surface area (Å²) in [5, 5.41) is 0. The lowest BCUT2D eigenvalue weighted by atomic mass is 10.1. The predicted molar refractivity (Wildman–Crippen MR) is 79.4 cm³/mol. The summed E-state index contributed by atoms with van der Waals surface area (Å²) in [6, 6.07) is 14.8. The summed E-state index contributed by atoms with van der Waals surface area (Å²) in [5.74, 6) is -0.255. The molecule has 0 aliphatic heterocycles. The van der Waals surface area contributed by atoms with E-state index in [-0.39, 0.29) is 12.4 Å². The van der Waals surface area contributed by atoms with Gasteiger partial charge >= 0.3 is 0 Å². The van der Waals surface area contributed by atoms with Gasteiger partial charge in [0.25, 0.3) is 0 Å². The van der Waals surface area contributed by atoms with Crippen molar-refractivity contribution in [1.29, 1.82) is 0 Å². The average Bonchev–Trinajstić information content (AvgIpc) is 2.50. The van der Waals surface area contributed by atoms with Crippen LogP contribution in [0, 0.1) is 5.82 Å². The number of hydrogen-bond acceptors (Lipinski definition) is 2. The molecule has 2 rings (SSSR count). The van der Waals surface area contributed by atoms with Gasteiger partial charge in [-0.15, -0.1) is 0 Å². The molecule has 0 radical (unpaired) electrons. The lowest BCUT2D eigenvalue weighted by Crippen LogP contribution is -2.01. The van der Waals surface area contributed by atoms with E-state index in [1.807, 2.05) is 42.5 Å². The zero-order valence-electron chi connectivity index (χ0n) is 11.3. The van der Waals surface area contributed by atoms with Crippen LogP contribution in [0.2, 0.25) is 0 Å². The Bertz CT molecular complexity index is 566. The molecule has 0 spiro atoms. The second-order valence-corrected chi connectivity index (χ2v) is 4.46. The summed E-state index contributed by atoms with van der Waals surface area (Å²) in [7, 11) is 0. The van der Waals surface area contributed by atoms with Crippen molar-refractivity contribution in [1.82, 2.24) is 0 Å². The molecular formula is C17H18FNO. The molecule has 0 aliphatic carbocycles. The van der Waals surface area contributed by atoms with Gasteiger partial charge < -0.3 is 10.5 Å². The molecule has 3 heteroatoms. The standard InChI is InChI=1S/C17H18FNO/c18-17-9-8-15(12-19)11-16(17)13-20-10-4-7-14-5-2-1-3-6-14/h1-9,11H,10,12-13,19H2/b7-4+. The molecule has 0 aliphatic rings. The normalized spacial score (nSPS) is 11.1. The smallest absolute Gasteiger partial charge is 0.128 e.